The number of hydrogen-bond acceptors (Lipinski definition) is 3. The van der Waals surface area contributed by atoms with Crippen molar-refractivity contribution in [3.8, 4) is 5.69 Å². The van der Waals surface area contributed by atoms with E-state index in [0.29, 0.717) is 10.7 Å². The predicted octanol–water partition coefficient (Wildman–Crippen LogP) is 1.42. The molecule has 5 N–H and O–H groups in total. The Morgan fingerprint density at radius 1 is 1.35 bits per heavy atom. The maximum Gasteiger partial charge on any atom is 0.316 e. The van der Waals surface area contributed by atoms with E-state index in [-0.39, 0.29) is 11.4 Å². The Bertz CT molecular complexity index is 695. The summed E-state index contributed by atoms with van der Waals surface area (Å²) in [5, 5.41) is 6.95. The van der Waals surface area contributed by atoms with E-state index < -0.39 is 11.9 Å². The maximum atomic E-state index is 11.3. The monoisotopic (exact) mass is 293 g/mol. The molecule has 7 nitrogen and oxygen atoms in total. The number of benzene rings is 1. The van der Waals surface area contributed by atoms with Gasteiger partial charge >= 0.3 is 6.03 Å². The Morgan fingerprint density at radius 2 is 2.05 bits per heavy atom. The number of aryl methyl sites for hydroxylation is 1. The average molecular weight is 294 g/mol. The fraction of sp³-hybridized carbons (Fsp3) is 0.0833. The Labute approximate surface area is 119 Å². The van der Waals surface area contributed by atoms with Crippen LogP contribution in [-0.4, -0.2) is 21.7 Å². The number of amides is 3. The van der Waals surface area contributed by atoms with E-state index in [1.807, 2.05) is 6.92 Å². The average Bonchev–Trinajstić information content (AvgIpc) is 2.76. The number of nitrogens with one attached hydrogen (secondary N) is 1. The van der Waals surface area contributed by atoms with E-state index >= 15 is 0 Å². The van der Waals surface area contributed by atoms with E-state index in [9.17, 15) is 9.59 Å². The number of primary amides is 2. The van der Waals surface area contributed by atoms with Crippen LogP contribution < -0.4 is 16.8 Å². The van der Waals surface area contributed by atoms with Gasteiger partial charge in [0.25, 0.3) is 5.91 Å². The molecule has 0 fully saturated rings. The largest absolute Gasteiger partial charge is 0.364 e. The number of hydrogen-bond donors (Lipinski definition) is 3. The minimum absolute atomic E-state index is 0.0728. The van der Waals surface area contributed by atoms with E-state index in [4.69, 9.17) is 23.1 Å². The summed E-state index contributed by atoms with van der Waals surface area (Å²) in [6, 6.07) is 4.41. The van der Waals surface area contributed by atoms with E-state index in [1.165, 1.54) is 10.9 Å². The highest BCUT2D eigenvalue weighted by Gasteiger charge is 2.16. The predicted molar refractivity (Wildman–Crippen MR) is 75.0 cm³/mol. The molecule has 0 atom stereocenters. The summed E-state index contributed by atoms with van der Waals surface area (Å²) in [7, 11) is 0. The van der Waals surface area contributed by atoms with Crippen molar-refractivity contribution in [1.82, 2.24) is 9.78 Å². The summed E-state index contributed by atoms with van der Waals surface area (Å²) in [5.74, 6) is -0.766. The van der Waals surface area contributed by atoms with Gasteiger partial charge in [-0.3, -0.25) is 4.79 Å². The molecule has 1 aromatic heterocycles. The van der Waals surface area contributed by atoms with Gasteiger partial charge in [0.05, 0.1) is 17.6 Å². The lowest BCUT2D eigenvalue weighted by Gasteiger charge is -2.03. The van der Waals surface area contributed by atoms with Crippen molar-refractivity contribution in [3.05, 3.63) is 40.7 Å². The molecule has 0 saturated carbocycles. The highest BCUT2D eigenvalue weighted by atomic mass is 35.5. The molecule has 0 aliphatic heterocycles. The minimum Gasteiger partial charge on any atom is -0.364 e. The molecule has 0 aliphatic carbocycles. The van der Waals surface area contributed by atoms with Crippen molar-refractivity contribution < 1.29 is 9.59 Å². The number of halogens is 1. The smallest absolute Gasteiger partial charge is 0.316 e. The molecular weight excluding hydrogens is 282 g/mol. The third-order valence-corrected chi connectivity index (χ3v) is 3.04. The standard InChI is InChI=1S/C12H12ClN5O2/c1-6-4-7(2-3-8(6)13)18-5-9(16-12(15)20)10(17-18)11(14)19/h2-5H,1H3,(H2,14,19)(H3,15,16,20). The van der Waals surface area contributed by atoms with Crippen molar-refractivity contribution in [2.75, 3.05) is 5.32 Å². The van der Waals surface area contributed by atoms with E-state index in [1.54, 1.807) is 18.2 Å². The fourth-order valence-electron chi connectivity index (χ4n) is 1.68. The van der Waals surface area contributed by atoms with Gasteiger partial charge in [-0.1, -0.05) is 11.6 Å². The van der Waals surface area contributed by atoms with Gasteiger partial charge in [0, 0.05) is 5.02 Å². The maximum absolute atomic E-state index is 11.3. The highest BCUT2D eigenvalue weighted by molar-refractivity contribution is 6.31. The third kappa shape index (κ3) is 2.72. The molecule has 0 unspecified atom stereocenters. The van der Waals surface area contributed by atoms with Gasteiger partial charge in [-0.05, 0) is 30.7 Å². The molecule has 1 aromatic carbocycles. The first kappa shape index (κ1) is 13.9. The zero-order valence-corrected chi connectivity index (χ0v) is 11.3. The minimum atomic E-state index is -0.806. The number of nitrogens with two attached hydrogens (primary N) is 2. The number of carbonyl (C=O) groups excluding carboxylic acids is 2. The Morgan fingerprint density at radius 3 is 2.60 bits per heavy atom. The quantitative estimate of drug-likeness (QED) is 0.794. The zero-order chi connectivity index (χ0) is 14.9. The van der Waals surface area contributed by atoms with Crippen LogP contribution in [0.3, 0.4) is 0 Å². The summed E-state index contributed by atoms with van der Waals surface area (Å²) in [6.07, 6.45) is 1.45. The van der Waals surface area contributed by atoms with Crippen LogP contribution in [0.25, 0.3) is 5.69 Å². The summed E-state index contributed by atoms with van der Waals surface area (Å²) in [5.41, 5.74) is 11.8. The molecule has 104 valence electrons. The van der Waals surface area contributed by atoms with Crippen LogP contribution in [0.15, 0.2) is 24.4 Å². The van der Waals surface area contributed by atoms with Crippen LogP contribution in [0, 0.1) is 6.92 Å². The molecule has 0 saturated heterocycles. The number of aromatic nitrogens is 2. The summed E-state index contributed by atoms with van der Waals surface area (Å²) in [4.78, 5) is 22.2. The lowest BCUT2D eigenvalue weighted by Crippen LogP contribution is -2.22. The molecule has 8 heteroatoms. The van der Waals surface area contributed by atoms with Gasteiger partial charge in [0.15, 0.2) is 5.69 Å². The topological polar surface area (TPSA) is 116 Å². The normalized spacial score (nSPS) is 10.3. The van der Waals surface area contributed by atoms with Gasteiger partial charge in [0.1, 0.15) is 0 Å². The van der Waals surface area contributed by atoms with Gasteiger partial charge in [-0.25, -0.2) is 9.48 Å². The second kappa shape index (κ2) is 5.22. The molecule has 2 rings (SSSR count). The van der Waals surface area contributed by atoms with Crippen LogP contribution in [-0.2, 0) is 0 Å². The Balaban J connectivity index is 2.49. The first-order valence-electron chi connectivity index (χ1n) is 5.61. The van der Waals surface area contributed by atoms with Gasteiger partial charge in [0.2, 0.25) is 0 Å². The Hall–Kier alpha value is -2.54. The molecule has 0 spiro atoms. The number of nitrogens with zero attached hydrogens (tertiary/aromatic N) is 2. The lowest BCUT2D eigenvalue weighted by molar-refractivity contribution is 0.0996. The molecular formula is C12H12ClN5O2. The highest BCUT2D eigenvalue weighted by Crippen LogP contribution is 2.21. The van der Waals surface area contributed by atoms with Crippen molar-refractivity contribution in [1.29, 1.82) is 0 Å². The molecule has 2 aromatic rings. The van der Waals surface area contributed by atoms with Crippen LogP contribution >= 0.6 is 11.6 Å². The van der Waals surface area contributed by atoms with Gasteiger partial charge in [-0.2, -0.15) is 5.10 Å². The number of urea groups is 1. The van der Waals surface area contributed by atoms with Crippen molar-refractivity contribution >= 4 is 29.2 Å². The zero-order valence-electron chi connectivity index (χ0n) is 10.6. The van der Waals surface area contributed by atoms with E-state index in [2.05, 4.69) is 10.4 Å². The molecule has 0 aliphatic rings. The van der Waals surface area contributed by atoms with Crippen LogP contribution in [0.4, 0.5) is 10.5 Å². The Kier molecular flexibility index (Phi) is 3.62. The van der Waals surface area contributed by atoms with Crippen LogP contribution in [0.5, 0.6) is 0 Å². The van der Waals surface area contributed by atoms with Crippen LogP contribution in [0.1, 0.15) is 16.1 Å². The van der Waals surface area contributed by atoms with Crippen molar-refractivity contribution in [2.24, 2.45) is 11.5 Å². The number of anilines is 1. The van der Waals surface area contributed by atoms with E-state index in [0.717, 1.165) is 5.56 Å². The van der Waals surface area contributed by atoms with Gasteiger partial charge < -0.3 is 16.8 Å². The number of rotatable bonds is 3. The van der Waals surface area contributed by atoms with Crippen molar-refractivity contribution in [2.45, 2.75) is 6.92 Å². The molecule has 3 amide bonds. The summed E-state index contributed by atoms with van der Waals surface area (Å²) >= 11 is 5.95. The summed E-state index contributed by atoms with van der Waals surface area (Å²) < 4.78 is 1.41. The fourth-order valence-corrected chi connectivity index (χ4v) is 1.80. The van der Waals surface area contributed by atoms with Crippen molar-refractivity contribution in [3.63, 3.8) is 0 Å². The van der Waals surface area contributed by atoms with Gasteiger partial charge in [-0.15, -0.1) is 0 Å². The molecule has 20 heavy (non-hydrogen) atoms. The molecule has 1 heterocycles. The first-order valence-corrected chi connectivity index (χ1v) is 5.98. The first-order chi connectivity index (χ1) is 9.38. The second-order valence-electron chi connectivity index (χ2n) is 4.12. The molecule has 0 bridgehead atoms. The lowest BCUT2D eigenvalue weighted by atomic mass is 10.2. The van der Waals surface area contributed by atoms with Crippen LogP contribution in [0.2, 0.25) is 5.02 Å². The summed E-state index contributed by atoms with van der Waals surface area (Å²) in [6.45, 7) is 1.84. The SMILES string of the molecule is Cc1cc(-n2cc(NC(N)=O)c(C(N)=O)n2)ccc1Cl. The molecule has 0 radical (unpaired) electrons. The number of carbonyl (C=O) groups is 2. The third-order valence-electron chi connectivity index (χ3n) is 2.61. The second-order valence-corrected chi connectivity index (χ2v) is 4.53.